The number of nitrogens with one attached hydrogen (secondary N) is 1. The third kappa shape index (κ3) is 2.37. The number of aromatic nitrogens is 3. The lowest BCUT2D eigenvalue weighted by molar-refractivity contribution is -0.151. The number of fused-ring (bicyclic) bond motifs is 2. The van der Waals surface area contributed by atoms with Crippen molar-refractivity contribution >= 4 is 22.7 Å². The molecule has 0 saturated carbocycles. The standard InChI is InChI=1S/C18H22N4O2/c1-3-24-18(23)16-11(2)4-5-12-9-22(10-14(12)16)15-6-7-19-17-13(15)8-20-21-17/h4-8,11-12,14,16H,3,9-10H2,1-2H3,(H,19,20,21)/t11-,12-,14-,16-/m0/s1. The van der Waals surface area contributed by atoms with Crippen molar-refractivity contribution in [1.82, 2.24) is 15.2 Å². The van der Waals surface area contributed by atoms with Gasteiger partial charge in [-0.15, -0.1) is 0 Å². The number of pyridine rings is 1. The molecule has 6 heteroatoms. The Morgan fingerprint density at radius 3 is 3.12 bits per heavy atom. The number of carbonyl (C=O) groups excluding carboxylic acids is 1. The molecule has 24 heavy (non-hydrogen) atoms. The number of aromatic amines is 1. The summed E-state index contributed by atoms with van der Waals surface area (Å²) < 4.78 is 5.34. The van der Waals surface area contributed by atoms with Crippen LogP contribution in [0.2, 0.25) is 0 Å². The van der Waals surface area contributed by atoms with Crippen LogP contribution in [0.25, 0.3) is 11.0 Å². The van der Waals surface area contributed by atoms with Gasteiger partial charge < -0.3 is 9.64 Å². The van der Waals surface area contributed by atoms with E-state index in [9.17, 15) is 4.79 Å². The Balaban J connectivity index is 1.64. The number of esters is 1. The summed E-state index contributed by atoms with van der Waals surface area (Å²) in [6.07, 6.45) is 8.07. The molecule has 3 heterocycles. The molecule has 2 aliphatic rings. The lowest BCUT2D eigenvalue weighted by atomic mass is 9.72. The van der Waals surface area contributed by atoms with Crippen LogP contribution in [0.5, 0.6) is 0 Å². The van der Waals surface area contributed by atoms with Crippen LogP contribution in [0.15, 0.2) is 30.6 Å². The molecule has 2 aromatic heterocycles. The van der Waals surface area contributed by atoms with E-state index in [4.69, 9.17) is 4.74 Å². The molecule has 1 saturated heterocycles. The Kier molecular flexibility index (Phi) is 3.75. The maximum atomic E-state index is 12.5. The topological polar surface area (TPSA) is 71.1 Å². The number of anilines is 1. The smallest absolute Gasteiger partial charge is 0.309 e. The Morgan fingerprint density at radius 2 is 2.29 bits per heavy atom. The first-order chi connectivity index (χ1) is 11.7. The van der Waals surface area contributed by atoms with Gasteiger partial charge in [0.2, 0.25) is 0 Å². The van der Waals surface area contributed by atoms with E-state index >= 15 is 0 Å². The molecule has 6 nitrogen and oxygen atoms in total. The van der Waals surface area contributed by atoms with E-state index in [1.807, 2.05) is 19.2 Å². The third-order valence-corrected chi connectivity index (χ3v) is 5.33. The van der Waals surface area contributed by atoms with Crippen LogP contribution in [0.1, 0.15) is 13.8 Å². The first-order valence-electron chi connectivity index (χ1n) is 8.57. The van der Waals surface area contributed by atoms with Crippen molar-refractivity contribution in [3.05, 3.63) is 30.6 Å². The van der Waals surface area contributed by atoms with Crippen molar-refractivity contribution in [3.8, 4) is 0 Å². The van der Waals surface area contributed by atoms with Crippen molar-refractivity contribution in [2.24, 2.45) is 23.7 Å². The first-order valence-corrected chi connectivity index (χ1v) is 8.57. The highest BCUT2D eigenvalue weighted by Crippen LogP contribution is 2.42. The lowest BCUT2D eigenvalue weighted by Crippen LogP contribution is -2.37. The van der Waals surface area contributed by atoms with Crippen molar-refractivity contribution in [2.45, 2.75) is 13.8 Å². The predicted octanol–water partition coefficient (Wildman–Crippen LogP) is 2.40. The van der Waals surface area contributed by atoms with E-state index in [1.165, 1.54) is 0 Å². The van der Waals surface area contributed by atoms with Gasteiger partial charge in [0.05, 0.1) is 29.8 Å². The Labute approximate surface area is 140 Å². The summed E-state index contributed by atoms with van der Waals surface area (Å²) in [6, 6.07) is 2.03. The van der Waals surface area contributed by atoms with Crippen molar-refractivity contribution in [1.29, 1.82) is 0 Å². The fourth-order valence-corrected chi connectivity index (χ4v) is 4.20. The van der Waals surface area contributed by atoms with Crippen LogP contribution in [0, 0.1) is 23.7 Å². The summed E-state index contributed by atoms with van der Waals surface area (Å²) in [5.41, 5.74) is 1.93. The van der Waals surface area contributed by atoms with Gasteiger partial charge in [0.15, 0.2) is 5.65 Å². The molecule has 0 aromatic carbocycles. The second-order valence-corrected chi connectivity index (χ2v) is 6.72. The first kappa shape index (κ1) is 15.2. The normalized spacial score (nSPS) is 29.0. The molecule has 0 unspecified atom stereocenters. The monoisotopic (exact) mass is 326 g/mol. The molecular weight excluding hydrogens is 304 g/mol. The highest BCUT2D eigenvalue weighted by Gasteiger charge is 2.45. The van der Waals surface area contributed by atoms with Gasteiger partial charge in [-0.1, -0.05) is 19.1 Å². The number of ether oxygens (including phenoxy) is 1. The zero-order valence-electron chi connectivity index (χ0n) is 14.0. The average Bonchev–Trinajstić information content (AvgIpc) is 3.20. The van der Waals surface area contributed by atoms with Crippen LogP contribution in [0.3, 0.4) is 0 Å². The quantitative estimate of drug-likeness (QED) is 0.693. The number of H-pyrrole nitrogens is 1. The number of hydrogen-bond donors (Lipinski definition) is 1. The summed E-state index contributed by atoms with van der Waals surface area (Å²) in [4.78, 5) is 19.1. The molecule has 4 atom stereocenters. The van der Waals surface area contributed by atoms with Gasteiger partial charge >= 0.3 is 5.97 Å². The number of rotatable bonds is 3. The van der Waals surface area contributed by atoms with Gasteiger partial charge in [-0.25, -0.2) is 4.98 Å². The molecule has 1 N–H and O–H groups in total. The number of hydrogen-bond acceptors (Lipinski definition) is 5. The van der Waals surface area contributed by atoms with Gasteiger partial charge in [-0.05, 0) is 30.7 Å². The zero-order chi connectivity index (χ0) is 16.7. The fraction of sp³-hybridized carbons (Fsp3) is 0.500. The summed E-state index contributed by atoms with van der Waals surface area (Å²) in [6.45, 7) is 6.18. The maximum Gasteiger partial charge on any atom is 0.309 e. The van der Waals surface area contributed by atoms with E-state index < -0.39 is 0 Å². The van der Waals surface area contributed by atoms with E-state index in [2.05, 4.69) is 39.2 Å². The van der Waals surface area contributed by atoms with E-state index in [0.717, 1.165) is 29.8 Å². The van der Waals surface area contributed by atoms with Gasteiger partial charge in [-0.2, -0.15) is 5.10 Å². The van der Waals surface area contributed by atoms with Crippen LogP contribution < -0.4 is 4.90 Å². The van der Waals surface area contributed by atoms with Crippen molar-refractivity contribution in [3.63, 3.8) is 0 Å². The molecule has 0 radical (unpaired) electrons. The Morgan fingerprint density at radius 1 is 1.42 bits per heavy atom. The van der Waals surface area contributed by atoms with Crippen LogP contribution >= 0.6 is 0 Å². The molecule has 126 valence electrons. The minimum absolute atomic E-state index is 0.0608. The molecule has 1 aliphatic heterocycles. The van der Waals surface area contributed by atoms with E-state index in [0.29, 0.717) is 18.4 Å². The summed E-state index contributed by atoms with van der Waals surface area (Å²) in [5.74, 6) is 0.766. The molecular formula is C18H22N4O2. The van der Waals surface area contributed by atoms with E-state index in [-0.39, 0.29) is 17.8 Å². The predicted molar refractivity (Wildman–Crippen MR) is 91.5 cm³/mol. The minimum Gasteiger partial charge on any atom is -0.466 e. The molecule has 1 aliphatic carbocycles. The number of carbonyl (C=O) groups is 1. The van der Waals surface area contributed by atoms with Gasteiger partial charge in [0.25, 0.3) is 0 Å². The second kappa shape index (κ2) is 5.92. The molecule has 4 rings (SSSR count). The highest BCUT2D eigenvalue weighted by atomic mass is 16.5. The number of allylic oxidation sites excluding steroid dienone is 1. The highest BCUT2D eigenvalue weighted by molar-refractivity contribution is 5.89. The Bertz CT molecular complexity index is 784. The van der Waals surface area contributed by atoms with Gasteiger partial charge in [0, 0.05) is 19.3 Å². The number of nitrogens with zero attached hydrogens (tertiary/aromatic N) is 3. The summed E-state index contributed by atoms with van der Waals surface area (Å²) in [5, 5.41) is 8.05. The van der Waals surface area contributed by atoms with Gasteiger partial charge in [0.1, 0.15) is 0 Å². The van der Waals surface area contributed by atoms with Crippen LogP contribution in [-0.2, 0) is 9.53 Å². The fourth-order valence-electron chi connectivity index (χ4n) is 4.20. The molecule has 2 aromatic rings. The summed E-state index contributed by atoms with van der Waals surface area (Å²) >= 11 is 0. The van der Waals surface area contributed by atoms with Crippen molar-refractivity contribution in [2.75, 3.05) is 24.6 Å². The van der Waals surface area contributed by atoms with E-state index in [1.54, 1.807) is 6.20 Å². The molecule has 0 spiro atoms. The maximum absolute atomic E-state index is 12.5. The lowest BCUT2D eigenvalue weighted by Gasteiger charge is -2.32. The SMILES string of the molecule is CCOC(=O)[C@@H]1[C@H]2CN(c3ccnc4[nH]ncc34)C[C@@H]2C=C[C@@H]1C. The molecule has 1 fully saturated rings. The van der Waals surface area contributed by atoms with Crippen molar-refractivity contribution < 1.29 is 9.53 Å². The average molecular weight is 326 g/mol. The Hall–Kier alpha value is -2.37. The second-order valence-electron chi connectivity index (χ2n) is 6.72. The molecule has 0 amide bonds. The largest absolute Gasteiger partial charge is 0.466 e. The third-order valence-electron chi connectivity index (χ3n) is 5.33. The molecule has 0 bridgehead atoms. The minimum atomic E-state index is -0.0633. The van der Waals surface area contributed by atoms with Crippen LogP contribution in [0.4, 0.5) is 5.69 Å². The van der Waals surface area contributed by atoms with Gasteiger partial charge in [-0.3, -0.25) is 9.89 Å². The zero-order valence-corrected chi connectivity index (χ0v) is 14.0. The van der Waals surface area contributed by atoms with Crippen LogP contribution in [-0.4, -0.2) is 40.8 Å². The summed E-state index contributed by atoms with van der Waals surface area (Å²) in [7, 11) is 0.